The number of carbonyl (C=O) groups is 3. The van der Waals surface area contributed by atoms with Crippen molar-refractivity contribution in [3.8, 4) is 0 Å². The van der Waals surface area contributed by atoms with E-state index in [1.807, 2.05) is 33.3 Å². The zero-order valence-electron chi connectivity index (χ0n) is 22.8. The summed E-state index contributed by atoms with van der Waals surface area (Å²) in [4.78, 5) is 35.6. The highest BCUT2D eigenvalue weighted by Crippen LogP contribution is 2.33. The lowest BCUT2D eigenvalue weighted by atomic mass is 9.90. The number of rotatable bonds is 17. The number of nitrogens with zero attached hydrogens (tertiary/aromatic N) is 1. The molecule has 1 aliphatic rings. The second kappa shape index (κ2) is 17.1. The van der Waals surface area contributed by atoms with Crippen LogP contribution < -0.4 is 5.11 Å². The van der Waals surface area contributed by atoms with Crippen molar-refractivity contribution in [1.82, 2.24) is 0 Å². The van der Waals surface area contributed by atoms with Crippen LogP contribution in [0.2, 0.25) is 0 Å². The molecular weight excluding hydrogens is 474 g/mol. The molecule has 1 saturated carbocycles. The number of ether oxygens (including phenoxy) is 1. The molecule has 0 aromatic carbocycles. The minimum atomic E-state index is -1.29. The minimum Gasteiger partial charge on any atom is -0.550 e. The number of esters is 1. The predicted octanol–water partition coefficient (Wildman–Crippen LogP) is 2.26. The number of hydrogen-bond donors (Lipinski definition) is 2. The molecule has 0 saturated heterocycles. The van der Waals surface area contributed by atoms with E-state index in [-0.39, 0.29) is 37.4 Å². The van der Waals surface area contributed by atoms with Gasteiger partial charge in [-0.25, -0.2) is 0 Å². The summed E-state index contributed by atoms with van der Waals surface area (Å²) in [6.45, 7) is 2.41. The van der Waals surface area contributed by atoms with Gasteiger partial charge in [-0.3, -0.25) is 9.59 Å². The standard InChI is InChI=1S/C29H45NO7/c1-5-6-7-8-9-10-11-12-13-14-24-25(27(33)20-26(24)32)17-15-22(31)16-18-29(36)37-23(19-28(34)35)21-30(2,3)4/h6-7,9-10,12-13,15,17,22-25,27,31,33H,5,8,11,14,16,18-21H2,1-4H3/b7-6+,10-9-,13-12+,17-15+. The quantitative estimate of drug-likeness (QED) is 0.172. The third-order valence-electron chi connectivity index (χ3n) is 6.05. The van der Waals surface area contributed by atoms with Crippen LogP contribution in [0.5, 0.6) is 0 Å². The van der Waals surface area contributed by atoms with E-state index in [0.717, 1.165) is 19.3 Å². The number of allylic oxidation sites excluding steroid dienone is 6. The molecule has 0 aromatic heterocycles. The maximum Gasteiger partial charge on any atom is 0.306 e. The Morgan fingerprint density at radius 2 is 1.73 bits per heavy atom. The molecule has 1 rings (SSSR count). The minimum absolute atomic E-state index is 0.00123. The highest BCUT2D eigenvalue weighted by atomic mass is 16.5. The Bertz CT molecular complexity index is 838. The van der Waals surface area contributed by atoms with Gasteiger partial charge in [-0.1, -0.05) is 55.5 Å². The van der Waals surface area contributed by atoms with Crippen molar-refractivity contribution in [2.45, 2.75) is 76.6 Å². The summed E-state index contributed by atoms with van der Waals surface area (Å²) in [6.07, 6.45) is 15.9. The third-order valence-corrected chi connectivity index (χ3v) is 6.05. The first-order chi connectivity index (χ1) is 17.4. The summed E-state index contributed by atoms with van der Waals surface area (Å²) in [6, 6.07) is 0. The van der Waals surface area contributed by atoms with Gasteiger partial charge in [-0.2, -0.15) is 0 Å². The van der Waals surface area contributed by atoms with E-state index in [4.69, 9.17) is 4.74 Å². The number of carbonyl (C=O) groups excluding carboxylic acids is 3. The summed E-state index contributed by atoms with van der Waals surface area (Å²) >= 11 is 0. The molecule has 208 valence electrons. The van der Waals surface area contributed by atoms with Gasteiger partial charge in [-0.05, 0) is 32.1 Å². The molecule has 0 aromatic rings. The average molecular weight is 520 g/mol. The maximum absolute atomic E-state index is 12.4. The molecule has 0 radical (unpaired) electrons. The van der Waals surface area contributed by atoms with E-state index >= 15 is 0 Å². The first kappa shape index (κ1) is 32.5. The highest BCUT2D eigenvalue weighted by molar-refractivity contribution is 5.84. The van der Waals surface area contributed by atoms with Crippen LogP contribution >= 0.6 is 0 Å². The van der Waals surface area contributed by atoms with E-state index in [0.29, 0.717) is 17.4 Å². The molecule has 0 bridgehead atoms. The molecule has 8 heteroatoms. The predicted molar refractivity (Wildman–Crippen MR) is 141 cm³/mol. The molecule has 0 aliphatic heterocycles. The number of quaternary nitrogens is 1. The first-order valence-corrected chi connectivity index (χ1v) is 13.1. The van der Waals surface area contributed by atoms with Gasteiger partial charge in [0.25, 0.3) is 0 Å². The summed E-state index contributed by atoms with van der Waals surface area (Å²) < 4.78 is 5.72. The van der Waals surface area contributed by atoms with Crippen LogP contribution in [0.25, 0.3) is 0 Å². The molecule has 0 spiro atoms. The van der Waals surface area contributed by atoms with Crippen molar-refractivity contribution in [2.75, 3.05) is 27.7 Å². The van der Waals surface area contributed by atoms with Gasteiger partial charge >= 0.3 is 5.97 Å². The highest BCUT2D eigenvalue weighted by Gasteiger charge is 2.39. The maximum atomic E-state index is 12.4. The van der Waals surface area contributed by atoms with Crippen LogP contribution in [0.4, 0.5) is 0 Å². The zero-order chi connectivity index (χ0) is 27.8. The van der Waals surface area contributed by atoms with Crippen LogP contribution in [-0.4, -0.2) is 78.4 Å². The number of aliphatic carboxylic acids is 1. The number of likely N-dealkylation sites (N-methyl/N-ethyl adjacent to an activating group) is 1. The molecule has 0 heterocycles. The molecule has 0 amide bonds. The van der Waals surface area contributed by atoms with Crippen molar-refractivity contribution in [3.05, 3.63) is 48.6 Å². The summed E-state index contributed by atoms with van der Waals surface area (Å²) in [5.74, 6) is -2.63. The van der Waals surface area contributed by atoms with E-state index in [1.54, 1.807) is 6.08 Å². The second-order valence-corrected chi connectivity index (χ2v) is 10.6. The fourth-order valence-electron chi connectivity index (χ4n) is 4.28. The van der Waals surface area contributed by atoms with Crippen molar-refractivity contribution in [2.24, 2.45) is 11.8 Å². The number of aliphatic hydroxyl groups is 2. The van der Waals surface area contributed by atoms with Crippen LogP contribution in [0.1, 0.15) is 58.3 Å². The van der Waals surface area contributed by atoms with Crippen molar-refractivity contribution < 1.29 is 38.9 Å². The van der Waals surface area contributed by atoms with Gasteiger partial charge in [0.05, 0.1) is 33.4 Å². The zero-order valence-corrected chi connectivity index (χ0v) is 22.8. The average Bonchev–Trinajstić information content (AvgIpc) is 3.05. The lowest BCUT2D eigenvalue weighted by Gasteiger charge is -2.29. The Kier molecular flexibility index (Phi) is 15.0. The Morgan fingerprint density at radius 3 is 2.32 bits per heavy atom. The van der Waals surface area contributed by atoms with Crippen LogP contribution in [0.15, 0.2) is 48.6 Å². The van der Waals surface area contributed by atoms with Crippen LogP contribution in [-0.2, 0) is 19.1 Å². The molecule has 37 heavy (non-hydrogen) atoms. The fraction of sp³-hybridized carbons (Fsp3) is 0.621. The summed E-state index contributed by atoms with van der Waals surface area (Å²) in [5, 5.41) is 31.6. The van der Waals surface area contributed by atoms with Gasteiger partial charge in [0.1, 0.15) is 12.3 Å². The Labute approximate surface area is 221 Å². The van der Waals surface area contributed by atoms with Crippen LogP contribution in [0, 0.1) is 11.8 Å². The molecule has 2 N–H and O–H groups in total. The number of Topliss-reactive ketones (excluding diaryl/α,β-unsaturated/α-hetero) is 1. The van der Waals surface area contributed by atoms with Gasteiger partial charge in [0.15, 0.2) is 6.10 Å². The van der Waals surface area contributed by atoms with E-state index in [2.05, 4.69) is 31.2 Å². The van der Waals surface area contributed by atoms with Crippen molar-refractivity contribution in [3.63, 3.8) is 0 Å². The Morgan fingerprint density at radius 1 is 1.11 bits per heavy atom. The molecule has 8 nitrogen and oxygen atoms in total. The van der Waals surface area contributed by atoms with Crippen molar-refractivity contribution in [1.29, 1.82) is 0 Å². The topological polar surface area (TPSA) is 124 Å². The SMILES string of the molecule is CC/C=C/C/C=C\C/C=C/CC1C(=O)CC(O)C1/C=C/C(O)CCC(=O)OC(CC(=O)[O-])C[N+](C)(C)C. The number of carboxylic acids is 1. The first-order valence-electron chi connectivity index (χ1n) is 13.1. The Hall–Kier alpha value is -2.55. The van der Waals surface area contributed by atoms with Gasteiger partial charge in [0, 0.05) is 37.1 Å². The lowest BCUT2D eigenvalue weighted by molar-refractivity contribution is -0.873. The van der Waals surface area contributed by atoms with E-state index in [1.165, 1.54) is 6.08 Å². The molecular formula is C29H45NO7. The smallest absolute Gasteiger partial charge is 0.306 e. The van der Waals surface area contributed by atoms with E-state index < -0.39 is 36.2 Å². The largest absolute Gasteiger partial charge is 0.550 e. The van der Waals surface area contributed by atoms with Gasteiger partial charge in [0.2, 0.25) is 0 Å². The monoisotopic (exact) mass is 519 g/mol. The molecule has 1 aliphatic carbocycles. The van der Waals surface area contributed by atoms with Crippen molar-refractivity contribution >= 4 is 17.7 Å². The fourth-order valence-corrected chi connectivity index (χ4v) is 4.28. The number of hydrogen-bond acceptors (Lipinski definition) is 7. The van der Waals surface area contributed by atoms with Gasteiger partial charge < -0.3 is 29.3 Å². The summed E-state index contributed by atoms with van der Waals surface area (Å²) in [7, 11) is 5.58. The number of carboxylic acid groups (broad SMARTS) is 1. The molecule has 5 atom stereocenters. The molecule has 1 fully saturated rings. The number of aliphatic hydroxyl groups excluding tert-OH is 2. The van der Waals surface area contributed by atoms with Gasteiger partial charge in [-0.15, -0.1) is 0 Å². The number of ketones is 1. The third kappa shape index (κ3) is 14.7. The van der Waals surface area contributed by atoms with Crippen LogP contribution in [0.3, 0.4) is 0 Å². The second-order valence-electron chi connectivity index (χ2n) is 10.6. The summed E-state index contributed by atoms with van der Waals surface area (Å²) in [5.41, 5.74) is 0. The lowest BCUT2D eigenvalue weighted by Crippen LogP contribution is -2.45. The normalized spacial score (nSPS) is 22.5. The van der Waals surface area contributed by atoms with E-state index in [9.17, 15) is 29.7 Å². The Balaban J connectivity index is 2.55. The molecule has 5 unspecified atom stereocenters.